The van der Waals surface area contributed by atoms with Gasteiger partial charge in [0.05, 0.1) is 4.92 Å². The molecule has 0 saturated heterocycles. The van der Waals surface area contributed by atoms with E-state index in [9.17, 15) is 10.1 Å². The minimum atomic E-state index is -0.490. The minimum absolute atomic E-state index is 0.0914. The largest absolute Gasteiger partial charge is 0.384 e. The third kappa shape index (κ3) is 3.41. The Hall–Kier alpha value is -2.15. The Kier molecular flexibility index (Phi) is 3.96. The summed E-state index contributed by atoms with van der Waals surface area (Å²) in [6.07, 6.45) is 0. The average Bonchev–Trinajstić information content (AvgIpc) is 2.38. The van der Waals surface area contributed by atoms with E-state index in [1.54, 1.807) is 0 Å². The average molecular weight is 323 g/mol. The molecule has 0 atom stereocenters. The zero-order valence-corrected chi connectivity index (χ0v) is 11.4. The van der Waals surface area contributed by atoms with Gasteiger partial charge >= 0.3 is 5.69 Å². The Morgan fingerprint density at radius 1 is 1.26 bits per heavy atom. The molecule has 1 aromatic carbocycles. The molecule has 0 aliphatic carbocycles. The Morgan fingerprint density at radius 3 is 2.58 bits per heavy atom. The highest BCUT2D eigenvalue weighted by molar-refractivity contribution is 9.10. The van der Waals surface area contributed by atoms with Crippen molar-refractivity contribution in [1.29, 1.82) is 0 Å². The zero-order chi connectivity index (χ0) is 13.8. The van der Waals surface area contributed by atoms with Gasteiger partial charge in [0.15, 0.2) is 0 Å². The normalized spacial score (nSPS) is 10.2. The fourth-order valence-corrected chi connectivity index (χ4v) is 1.80. The van der Waals surface area contributed by atoms with E-state index in [2.05, 4.69) is 26.2 Å². The lowest BCUT2D eigenvalue weighted by Gasteiger charge is -2.07. The minimum Gasteiger partial charge on any atom is -0.384 e. The maximum atomic E-state index is 10.9. The van der Waals surface area contributed by atoms with Crippen molar-refractivity contribution in [2.45, 2.75) is 6.54 Å². The van der Waals surface area contributed by atoms with Crippen molar-refractivity contribution in [3.63, 3.8) is 0 Å². The highest BCUT2D eigenvalue weighted by atomic mass is 79.9. The van der Waals surface area contributed by atoms with Crippen LogP contribution in [0, 0.1) is 10.1 Å². The molecule has 0 radical (unpaired) electrons. The molecule has 0 unspecified atom stereocenters. The van der Waals surface area contributed by atoms with Crippen LogP contribution in [0.15, 0.2) is 40.9 Å². The van der Waals surface area contributed by atoms with Crippen molar-refractivity contribution in [2.24, 2.45) is 0 Å². The number of hydrogen-bond acceptors (Lipinski definition) is 5. The lowest BCUT2D eigenvalue weighted by atomic mass is 10.2. The first kappa shape index (κ1) is 13.3. The molecule has 1 aromatic heterocycles. The fraction of sp³-hybridized carbons (Fsp3) is 0.0833. The second-order valence-electron chi connectivity index (χ2n) is 3.84. The molecule has 0 aliphatic rings. The number of pyridine rings is 1. The Balaban J connectivity index is 2.16. The molecule has 0 fully saturated rings. The van der Waals surface area contributed by atoms with Crippen LogP contribution in [0.1, 0.15) is 5.56 Å². The van der Waals surface area contributed by atoms with Crippen molar-refractivity contribution in [3.8, 4) is 0 Å². The van der Waals surface area contributed by atoms with Crippen LogP contribution in [-0.2, 0) is 6.54 Å². The van der Waals surface area contributed by atoms with Gasteiger partial charge in [0.2, 0.25) is 5.82 Å². The highest BCUT2D eigenvalue weighted by Gasteiger charge is 2.14. The number of benzene rings is 1. The second kappa shape index (κ2) is 5.66. The summed E-state index contributed by atoms with van der Waals surface area (Å²) < 4.78 is 0.976. The maximum Gasteiger partial charge on any atom is 0.311 e. The molecule has 0 aliphatic heterocycles. The fourth-order valence-electron chi connectivity index (χ4n) is 1.53. The molecule has 2 aromatic rings. The van der Waals surface area contributed by atoms with E-state index in [1.165, 1.54) is 12.1 Å². The van der Waals surface area contributed by atoms with Gasteiger partial charge in [-0.3, -0.25) is 10.1 Å². The smallest absolute Gasteiger partial charge is 0.311 e. The Labute approximate surface area is 117 Å². The number of hydrogen-bond donors (Lipinski definition) is 2. The molecule has 0 spiro atoms. The van der Waals surface area contributed by atoms with Crippen LogP contribution >= 0.6 is 15.9 Å². The summed E-state index contributed by atoms with van der Waals surface area (Å²) in [6.45, 7) is 0.435. The van der Waals surface area contributed by atoms with Gasteiger partial charge in [-0.05, 0) is 23.8 Å². The van der Waals surface area contributed by atoms with Gasteiger partial charge in [-0.1, -0.05) is 28.1 Å². The van der Waals surface area contributed by atoms with Crippen LogP contribution in [0.2, 0.25) is 0 Å². The van der Waals surface area contributed by atoms with Crippen LogP contribution < -0.4 is 11.1 Å². The Morgan fingerprint density at radius 2 is 1.95 bits per heavy atom. The van der Waals surface area contributed by atoms with Gasteiger partial charge in [-0.15, -0.1) is 0 Å². The predicted molar refractivity (Wildman–Crippen MR) is 76.8 cm³/mol. The molecular weight excluding hydrogens is 312 g/mol. The lowest BCUT2D eigenvalue weighted by molar-refractivity contribution is -0.384. The van der Waals surface area contributed by atoms with Crippen LogP contribution in [-0.4, -0.2) is 9.91 Å². The number of nitrogens with two attached hydrogens (primary N) is 1. The van der Waals surface area contributed by atoms with E-state index in [0.717, 1.165) is 10.0 Å². The van der Waals surface area contributed by atoms with Gasteiger partial charge in [-0.2, -0.15) is 0 Å². The molecule has 7 heteroatoms. The molecular formula is C12H11BrN4O2. The first-order valence-corrected chi connectivity index (χ1v) is 6.25. The topological polar surface area (TPSA) is 94.1 Å². The Bertz CT molecular complexity index is 601. The molecule has 98 valence electrons. The van der Waals surface area contributed by atoms with E-state index in [0.29, 0.717) is 6.54 Å². The first-order chi connectivity index (χ1) is 9.06. The van der Waals surface area contributed by atoms with E-state index < -0.39 is 4.92 Å². The van der Waals surface area contributed by atoms with E-state index in [-0.39, 0.29) is 17.3 Å². The number of nitrogens with one attached hydrogen (secondary N) is 1. The van der Waals surface area contributed by atoms with Gasteiger partial charge in [0.25, 0.3) is 0 Å². The molecule has 3 N–H and O–H groups in total. The third-order valence-corrected chi connectivity index (χ3v) is 2.99. The predicted octanol–water partition coefficient (Wildman–Crippen LogP) is 2.95. The number of nitrogens with zero attached hydrogens (tertiary/aromatic N) is 2. The molecule has 0 saturated carbocycles. The van der Waals surface area contributed by atoms with Gasteiger partial charge in [0.1, 0.15) is 5.82 Å². The van der Waals surface area contributed by atoms with E-state index in [1.807, 2.05) is 24.3 Å². The van der Waals surface area contributed by atoms with Crippen LogP contribution in [0.4, 0.5) is 17.3 Å². The summed E-state index contributed by atoms with van der Waals surface area (Å²) in [4.78, 5) is 14.3. The zero-order valence-electron chi connectivity index (χ0n) is 9.84. The summed E-state index contributed by atoms with van der Waals surface area (Å²) in [5.74, 6) is 0.414. The van der Waals surface area contributed by atoms with Gasteiger partial charge in [-0.25, -0.2) is 4.98 Å². The highest BCUT2D eigenvalue weighted by Crippen LogP contribution is 2.23. The van der Waals surface area contributed by atoms with Crippen LogP contribution in [0.3, 0.4) is 0 Å². The molecule has 0 amide bonds. The van der Waals surface area contributed by atoms with Gasteiger partial charge in [0, 0.05) is 17.1 Å². The number of aromatic nitrogens is 1. The number of rotatable bonds is 4. The summed E-state index contributed by atoms with van der Waals surface area (Å²) in [5, 5.41) is 13.8. The van der Waals surface area contributed by atoms with Crippen molar-refractivity contribution in [2.75, 3.05) is 11.1 Å². The number of nitrogen functional groups attached to an aromatic ring is 1. The SMILES string of the molecule is Nc1ccc([N+](=O)[O-])c(NCc2ccc(Br)cc2)n1. The first-order valence-electron chi connectivity index (χ1n) is 5.45. The van der Waals surface area contributed by atoms with Gasteiger partial charge < -0.3 is 11.1 Å². The molecule has 19 heavy (non-hydrogen) atoms. The summed E-state index contributed by atoms with van der Waals surface area (Å²) in [5.41, 5.74) is 6.43. The molecule has 0 bridgehead atoms. The molecule has 1 heterocycles. The number of halogens is 1. The summed E-state index contributed by atoms with van der Waals surface area (Å²) in [7, 11) is 0. The third-order valence-electron chi connectivity index (χ3n) is 2.47. The second-order valence-corrected chi connectivity index (χ2v) is 4.76. The summed E-state index contributed by atoms with van der Waals surface area (Å²) >= 11 is 3.34. The number of anilines is 2. The quantitative estimate of drug-likeness (QED) is 0.666. The van der Waals surface area contributed by atoms with Crippen molar-refractivity contribution in [3.05, 3.63) is 56.5 Å². The van der Waals surface area contributed by atoms with Crippen LogP contribution in [0.25, 0.3) is 0 Å². The van der Waals surface area contributed by atoms with E-state index in [4.69, 9.17) is 5.73 Å². The lowest BCUT2D eigenvalue weighted by Crippen LogP contribution is -2.06. The van der Waals surface area contributed by atoms with Crippen molar-refractivity contribution in [1.82, 2.24) is 4.98 Å². The molecule has 2 rings (SSSR count). The monoisotopic (exact) mass is 322 g/mol. The standard InChI is InChI=1S/C12H11BrN4O2/c13-9-3-1-8(2-4-9)7-15-12-10(17(18)19)5-6-11(14)16-12/h1-6H,7H2,(H3,14,15,16). The maximum absolute atomic E-state index is 10.9. The van der Waals surface area contributed by atoms with Crippen molar-refractivity contribution < 1.29 is 4.92 Å². The van der Waals surface area contributed by atoms with E-state index >= 15 is 0 Å². The summed E-state index contributed by atoms with van der Waals surface area (Å²) in [6, 6.07) is 10.4. The number of nitro groups is 1. The van der Waals surface area contributed by atoms with Crippen LogP contribution in [0.5, 0.6) is 0 Å². The van der Waals surface area contributed by atoms with Crippen molar-refractivity contribution >= 4 is 33.3 Å². The molecule has 6 nitrogen and oxygen atoms in total.